The van der Waals surface area contributed by atoms with E-state index in [4.69, 9.17) is 0 Å². The highest BCUT2D eigenvalue weighted by Crippen LogP contribution is 2.28. The lowest BCUT2D eigenvalue weighted by molar-refractivity contribution is -0.116. The molecule has 2 rings (SSSR count). The molecule has 0 bridgehead atoms. The highest BCUT2D eigenvalue weighted by molar-refractivity contribution is 5.79. The van der Waals surface area contributed by atoms with Gasteiger partial charge in [0, 0.05) is 11.6 Å². The van der Waals surface area contributed by atoms with E-state index in [2.05, 4.69) is 6.08 Å². The minimum Gasteiger partial charge on any atom is -0.233 e. The molecule has 1 atom stereocenters. The highest BCUT2D eigenvalue weighted by Gasteiger charge is 2.27. The fourth-order valence-corrected chi connectivity index (χ4v) is 1.69. The van der Waals surface area contributed by atoms with Crippen LogP contribution in [0.5, 0.6) is 0 Å². The van der Waals surface area contributed by atoms with Crippen LogP contribution in [0, 0.1) is 0 Å². The SMILES string of the molecule is C[N+]1(C=O)CC=Cc2ccccc21. The Balaban J connectivity index is 2.61. The van der Waals surface area contributed by atoms with Crippen LogP contribution in [-0.2, 0) is 4.79 Å². The summed E-state index contributed by atoms with van der Waals surface area (Å²) in [5.74, 6) is 0. The van der Waals surface area contributed by atoms with Gasteiger partial charge in [0.05, 0.1) is 7.05 Å². The number of carbonyl (C=O) groups is 1. The number of para-hydroxylation sites is 1. The molecule has 1 amide bonds. The molecule has 0 aromatic heterocycles. The number of fused-ring (bicyclic) bond motifs is 1. The Morgan fingerprint density at radius 3 is 2.92 bits per heavy atom. The van der Waals surface area contributed by atoms with E-state index in [9.17, 15) is 4.79 Å². The Kier molecular flexibility index (Phi) is 1.78. The standard InChI is InChI=1S/C11H12NO/c1-12(9-13)8-4-6-10-5-2-3-7-11(10)12/h2-7,9H,8H2,1H3/q+1. The number of hydrogen-bond donors (Lipinski definition) is 0. The summed E-state index contributed by atoms with van der Waals surface area (Å²) >= 11 is 0. The second-order valence-electron chi connectivity index (χ2n) is 3.52. The number of quaternary nitrogens is 1. The van der Waals surface area contributed by atoms with Crippen LogP contribution in [0.1, 0.15) is 5.56 Å². The molecule has 0 spiro atoms. The molecule has 2 nitrogen and oxygen atoms in total. The summed E-state index contributed by atoms with van der Waals surface area (Å²) in [6.45, 7) is 0.751. The Morgan fingerprint density at radius 1 is 1.38 bits per heavy atom. The van der Waals surface area contributed by atoms with Gasteiger partial charge in [-0.15, -0.1) is 0 Å². The van der Waals surface area contributed by atoms with E-state index in [0.29, 0.717) is 4.48 Å². The van der Waals surface area contributed by atoms with Gasteiger partial charge in [0.25, 0.3) is 0 Å². The van der Waals surface area contributed by atoms with E-state index in [1.54, 1.807) is 0 Å². The third-order valence-corrected chi connectivity index (χ3v) is 2.50. The maximum Gasteiger partial charge on any atom is 0.306 e. The Morgan fingerprint density at radius 2 is 2.15 bits per heavy atom. The zero-order chi connectivity index (χ0) is 9.31. The van der Waals surface area contributed by atoms with Crippen molar-refractivity contribution in [2.45, 2.75) is 0 Å². The molecule has 1 unspecified atom stereocenters. The van der Waals surface area contributed by atoms with Gasteiger partial charge in [-0.2, -0.15) is 0 Å². The minimum absolute atomic E-state index is 0.354. The van der Waals surface area contributed by atoms with Crippen molar-refractivity contribution in [1.82, 2.24) is 4.48 Å². The number of carbonyl (C=O) groups excluding carboxylic acids is 1. The molecule has 2 heteroatoms. The predicted octanol–water partition coefficient (Wildman–Crippen LogP) is 1.81. The van der Waals surface area contributed by atoms with Crippen molar-refractivity contribution in [3.63, 3.8) is 0 Å². The third-order valence-electron chi connectivity index (χ3n) is 2.50. The number of amides is 1. The van der Waals surface area contributed by atoms with Crippen LogP contribution < -0.4 is 4.48 Å². The molecule has 0 aliphatic carbocycles. The van der Waals surface area contributed by atoms with Crippen molar-refractivity contribution in [2.24, 2.45) is 0 Å². The average molecular weight is 174 g/mol. The van der Waals surface area contributed by atoms with Crippen molar-refractivity contribution in [2.75, 3.05) is 13.6 Å². The van der Waals surface area contributed by atoms with E-state index in [-0.39, 0.29) is 0 Å². The Labute approximate surface area is 77.7 Å². The van der Waals surface area contributed by atoms with Gasteiger partial charge in [0.15, 0.2) is 0 Å². The zero-order valence-corrected chi connectivity index (χ0v) is 7.60. The largest absolute Gasteiger partial charge is 0.306 e. The van der Waals surface area contributed by atoms with Gasteiger partial charge in [-0.1, -0.05) is 12.1 Å². The normalized spacial score (nSPS) is 25.3. The van der Waals surface area contributed by atoms with E-state index in [1.165, 1.54) is 0 Å². The van der Waals surface area contributed by atoms with Gasteiger partial charge < -0.3 is 0 Å². The molecular formula is C11H12NO+. The molecule has 1 aromatic carbocycles. The number of likely N-dealkylation sites (N-methyl/N-ethyl adjacent to an activating group) is 1. The molecule has 1 aliphatic rings. The van der Waals surface area contributed by atoms with Gasteiger partial charge in [0.1, 0.15) is 12.2 Å². The average Bonchev–Trinajstić information content (AvgIpc) is 2.19. The summed E-state index contributed by atoms with van der Waals surface area (Å²) in [6.07, 6.45) is 5.10. The van der Waals surface area contributed by atoms with Crippen molar-refractivity contribution in [1.29, 1.82) is 0 Å². The molecule has 0 fully saturated rings. The van der Waals surface area contributed by atoms with Gasteiger partial charge >= 0.3 is 6.41 Å². The second kappa shape index (κ2) is 2.82. The van der Waals surface area contributed by atoms with Crippen LogP contribution in [0.25, 0.3) is 6.08 Å². The first-order valence-corrected chi connectivity index (χ1v) is 4.34. The summed E-state index contributed by atoms with van der Waals surface area (Å²) in [4.78, 5) is 11.0. The van der Waals surface area contributed by atoms with Gasteiger partial charge in [-0.05, 0) is 18.2 Å². The maximum atomic E-state index is 11.0. The van der Waals surface area contributed by atoms with Crippen LogP contribution in [0.2, 0.25) is 0 Å². The molecule has 1 heterocycles. The van der Waals surface area contributed by atoms with E-state index >= 15 is 0 Å². The predicted molar refractivity (Wildman–Crippen MR) is 54.1 cm³/mol. The maximum absolute atomic E-state index is 11.0. The topological polar surface area (TPSA) is 17.1 Å². The number of benzene rings is 1. The molecule has 13 heavy (non-hydrogen) atoms. The highest BCUT2D eigenvalue weighted by atomic mass is 16.1. The molecule has 66 valence electrons. The molecular weight excluding hydrogens is 162 g/mol. The fourth-order valence-electron chi connectivity index (χ4n) is 1.69. The van der Waals surface area contributed by atoms with E-state index in [0.717, 1.165) is 24.2 Å². The van der Waals surface area contributed by atoms with Crippen LogP contribution in [0.3, 0.4) is 0 Å². The van der Waals surface area contributed by atoms with Crippen molar-refractivity contribution >= 4 is 18.2 Å². The lowest BCUT2D eigenvalue weighted by atomic mass is 10.1. The summed E-state index contributed by atoms with van der Waals surface area (Å²) in [5.41, 5.74) is 2.23. The Hall–Kier alpha value is -1.41. The number of rotatable bonds is 1. The number of nitrogens with zero attached hydrogens (tertiary/aromatic N) is 1. The minimum atomic E-state index is 0.354. The quantitative estimate of drug-likeness (QED) is 0.468. The molecule has 1 aromatic rings. The zero-order valence-electron chi connectivity index (χ0n) is 7.60. The molecule has 0 N–H and O–H groups in total. The number of hydrogen-bond acceptors (Lipinski definition) is 1. The third kappa shape index (κ3) is 1.19. The molecule has 0 saturated heterocycles. The lowest BCUT2D eigenvalue weighted by Crippen LogP contribution is -2.45. The first-order valence-electron chi connectivity index (χ1n) is 4.34. The first-order chi connectivity index (χ1) is 6.26. The molecule has 0 saturated carbocycles. The summed E-state index contributed by atoms with van der Waals surface area (Å²) in [6, 6.07) is 8.00. The van der Waals surface area contributed by atoms with Gasteiger partial charge in [0.2, 0.25) is 0 Å². The molecule has 0 radical (unpaired) electrons. The van der Waals surface area contributed by atoms with Crippen LogP contribution >= 0.6 is 0 Å². The first kappa shape index (κ1) is 8.20. The van der Waals surface area contributed by atoms with Crippen molar-refractivity contribution < 1.29 is 4.79 Å². The fraction of sp³-hybridized carbons (Fsp3) is 0.182. The van der Waals surface area contributed by atoms with Crippen molar-refractivity contribution in [3.05, 3.63) is 35.9 Å². The Bertz CT molecular complexity index is 370. The van der Waals surface area contributed by atoms with E-state index < -0.39 is 0 Å². The summed E-state index contributed by atoms with van der Waals surface area (Å²) in [7, 11) is 1.93. The van der Waals surface area contributed by atoms with Crippen LogP contribution in [-0.4, -0.2) is 20.0 Å². The summed E-state index contributed by atoms with van der Waals surface area (Å²) < 4.78 is 0.354. The van der Waals surface area contributed by atoms with E-state index in [1.807, 2.05) is 37.4 Å². The smallest absolute Gasteiger partial charge is 0.233 e. The van der Waals surface area contributed by atoms with Crippen molar-refractivity contribution in [3.8, 4) is 0 Å². The van der Waals surface area contributed by atoms with Crippen LogP contribution in [0.4, 0.5) is 5.69 Å². The molecule has 1 aliphatic heterocycles. The van der Waals surface area contributed by atoms with Gasteiger partial charge in [-0.25, -0.2) is 9.28 Å². The van der Waals surface area contributed by atoms with Crippen LogP contribution in [0.15, 0.2) is 30.3 Å². The van der Waals surface area contributed by atoms with Gasteiger partial charge in [-0.3, -0.25) is 0 Å². The lowest BCUT2D eigenvalue weighted by Gasteiger charge is -2.29. The second-order valence-corrected chi connectivity index (χ2v) is 3.52. The summed E-state index contributed by atoms with van der Waals surface area (Å²) in [5, 5.41) is 0. The monoisotopic (exact) mass is 174 g/mol.